The number of hydrogen-bond donors (Lipinski definition) is 1. The number of carbonyl (C=O) groups excluding carboxylic acids is 2. The van der Waals surface area contributed by atoms with E-state index in [2.05, 4.69) is 20.8 Å². The number of carbonyl (C=O) groups is 2. The molecule has 1 saturated heterocycles. The predicted molar refractivity (Wildman–Crippen MR) is 74.8 cm³/mol. The van der Waals surface area contributed by atoms with Gasteiger partial charge >= 0.3 is 6.09 Å². The highest BCUT2D eigenvalue weighted by Crippen LogP contribution is 2.37. The molecule has 1 spiro atoms. The number of rotatable bonds is 1. The van der Waals surface area contributed by atoms with Crippen LogP contribution in [-0.2, 0) is 20.6 Å². The number of fused-ring (bicyclic) bond motifs is 2. The fourth-order valence-corrected chi connectivity index (χ4v) is 3.02. The molecule has 22 heavy (non-hydrogen) atoms. The molecular formula is C13H20N6O3. The smallest absolute Gasteiger partial charge is 0.409 e. The van der Waals surface area contributed by atoms with E-state index in [0.717, 1.165) is 0 Å². The van der Waals surface area contributed by atoms with Crippen LogP contribution in [0.4, 0.5) is 4.79 Å². The number of ether oxygens (including phenoxy) is 1. The monoisotopic (exact) mass is 308 g/mol. The molecule has 0 unspecified atom stereocenters. The molecule has 9 heteroatoms. The maximum Gasteiger partial charge on any atom is 0.409 e. The first-order valence-corrected chi connectivity index (χ1v) is 7.44. The third-order valence-electron chi connectivity index (χ3n) is 4.48. The van der Waals surface area contributed by atoms with Crippen molar-refractivity contribution < 1.29 is 14.3 Å². The number of likely N-dealkylation sites (tertiary alicyclic amines) is 1. The van der Waals surface area contributed by atoms with E-state index in [4.69, 9.17) is 4.74 Å². The van der Waals surface area contributed by atoms with Crippen molar-refractivity contribution in [3.63, 3.8) is 0 Å². The first-order chi connectivity index (χ1) is 10.4. The molecule has 0 aliphatic carbocycles. The van der Waals surface area contributed by atoms with Crippen molar-refractivity contribution in [3.05, 3.63) is 5.82 Å². The Morgan fingerprint density at radius 2 is 2.05 bits per heavy atom. The van der Waals surface area contributed by atoms with Gasteiger partial charge in [0.05, 0.1) is 6.61 Å². The molecule has 2 amide bonds. The summed E-state index contributed by atoms with van der Waals surface area (Å²) in [6.07, 6.45) is 0.807. The summed E-state index contributed by atoms with van der Waals surface area (Å²) in [7, 11) is 0. The van der Waals surface area contributed by atoms with Crippen LogP contribution in [0, 0.1) is 0 Å². The Kier molecular flexibility index (Phi) is 3.30. The quantitative estimate of drug-likeness (QED) is 0.782. The summed E-state index contributed by atoms with van der Waals surface area (Å²) in [6, 6.07) is 0. The van der Waals surface area contributed by atoms with Crippen LogP contribution in [0.2, 0.25) is 0 Å². The highest BCUT2D eigenvalue weighted by Gasteiger charge is 2.51. The predicted octanol–water partition coefficient (Wildman–Crippen LogP) is -0.0144. The molecule has 0 atom stereocenters. The Morgan fingerprint density at radius 1 is 1.36 bits per heavy atom. The van der Waals surface area contributed by atoms with Gasteiger partial charge in [-0.05, 0) is 44.0 Å². The van der Waals surface area contributed by atoms with Crippen molar-refractivity contribution >= 4 is 12.0 Å². The van der Waals surface area contributed by atoms with Gasteiger partial charge in [-0.3, -0.25) is 4.79 Å². The van der Waals surface area contributed by atoms with Gasteiger partial charge in [0.25, 0.3) is 0 Å². The fraction of sp³-hybridized carbons (Fsp3) is 0.769. The van der Waals surface area contributed by atoms with Crippen molar-refractivity contribution in [3.8, 4) is 0 Å². The SMILES string of the molecule is CCOC(=O)N1CCC2(CC1)NC(=O)C(C)(C)n1nnnc12. The summed E-state index contributed by atoms with van der Waals surface area (Å²) >= 11 is 0. The summed E-state index contributed by atoms with van der Waals surface area (Å²) in [5, 5.41) is 14.9. The topological polar surface area (TPSA) is 102 Å². The first-order valence-electron chi connectivity index (χ1n) is 7.44. The van der Waals surface area contributed by atoms with Gasteiger partial charge in [-0.25, -0.2) is 9.48 Å². The minimum Gasteiger partial charge on any atom is -0.450 e. The molecule has 1 aromatic rings. The summed E-state index contributed by atoms with van der Waals surface area (Å²) in [5.74, 6) is 0.539. The molecule has 0 bridgehead atoms. The van der Waals surface area contributed by atoms with Gasteiger partial charge in [-0.15, -0.1) is 5.10 Å². The average molecular weight is 308 g/mol. The Hall–Kier alpha value is -2.19. The largest absolute Gasteiger partial charge is 0.450 e. The second-order valence-electron chi connectivity index (χ2n) is 6.20. The van der Waals surface area contributed by atoms with Gasteiger partial charge < -0.3 is 15.0 Å². The third kappa shape index (κ3) is 2.03. The van der Waals surface area contributed by atoms with E-state index in [-0.39, 0.29) is 12.0 Å². The molecular weight excluding hydrogens is 288 g/mol. The van der Waals surface area contributed by atoms with E-state index in [9.17, 15) is 9.59 Å². The summed E-state index contributed by atoms with van der Waals surface area (Å²) in [6.45, 7) is 6.68. The van der Waals surface area contributed by atoms with Gasteiger partial charge in [0.2, 0.25) is 5.91 Å². The van der Waals surface area contributed by atoms with Crippen LogP contribution >= 0.6 is 0 Å². The Balaban J connectivity index is 1.85. The zero-order valence-electron chi connectivity index (χ0n) is 13.0. The van der Waals surface area contributed by atoms with E-state index in [1.807, 2.05) is 0 Å². The van der Waals surface area contributed by atoms with E-state index in [1.165, 1.54) is 0 Å². The molecule has 2 aliphatic rings. The number of aromatic nitrogens is 4. The molecule has 3 rings (SSSR count). The molecule has 0 saturated carbocycles. The number of nitrogens with one attached hydrogen (secondary N) is 1. The highest BCUT2D eigenvalue weighted by atomic mass is 16.6. The lowest BCUT2D eigenvalue weighted by Gasteiger charge is -2.46. The molecule has 1 aromatic heterocycles. The van der Waals surface area contributed by atoms with E-state index < -0.39 is 11.1 Å². The lowest BCUT2D eigenvalue weighted by molar-refractivity contribution is -0.134. The fourth-order valence-electron chi connectivity index (χ4n) is 3.02. The van der Waals surface area contributed by atoms with E-state index >= 15 is 0 Å². The van der Waals surface area contributed by atoms with Gasteiger partial charge in [0.15, 0.2) is 5.82 Å². The van der Waals surface area contributed by atoms with Crippen molar-refractivity contribution in [2.75, 3.05) is 19.7 Å². The van der Waals surface area contributed by atoms with Crippen LogP contribution < -0.4 is 5.32 Å². The maximum atomic E-state index is 12.4. The molecule has 120 valence electrons. The van der Waals surface area contributed by atoms with Crippen molar-refractivity contribution in [1.82, 2.24) is 30.4 Å². The highest BCUT2D eigenvalue weighted by molar-refractivity contribution is 5.85. The normalized spacial score (nSPS) is 22.1. The Bertz CT molecular complexity index is 603. The lowest BCUT2D eigenvalue weighted by Crippen LogP contribution is -2.64. The zero-order chi connectivity index (χ0) is 16.0. The van der Waals surface area contributed by atoms with Crippen molar-refractivity contribution in [1.29, 1.82) is 0 Å². The average Bonchev–Trinajstić information content (AvgIpc) is 2.98. The number of amides is 2. The number of tetrazole rings is 1. The minimum absolute atomic E-state index is 0.114. The Morgan fingerprint density at radius 3 is 2.68 bits per heavy atom. The molecule has 1 fully saturated rings. The molecule has 2 aliphatic heterocycles. The number of piperidine rings is 1. The first kappa shape index (κ1) is 14.7. The van der Waals surface area contributed by atoms with Crippen molar-refractivity contribution in [2.45, 2.75) is 44.7 Å². The standard InChI is InChI=1S/C13H20N6O3/c1-4-22-11(21)18-7-5-13(6-8-18)9-15-16-17-19(9)12(2,3)10(20)14-13/h4-8H2,1-3H3,(H,14,20). The van der Waals surface area contributed by atoms with Crippen LogP contribution in [0.25, 0.3) is 0 Å². The zero-order valence-corrected chi connectivity index (χ0v) is 13.0. The number of nitrogens with zero attached hydrogens (tertiary/aromatic N) is 5. The molecule has 0 aromatic carbocycles. The second-order valence-corrected chi connectivity index (χ2v) is 6.20. The van der Waals surface area contributed by atoms with Gasteiger partial charge in [-0.1, -0.05) is 0 Å². The van der Waals surface area contributed by atoms with Gasteiger partial charge in [0, 0.05) is 13.1 Å². The molecule has 1 N–H and O–H groups in total. The van der Waals surface area contributed by atoms with Crippen LogP contribution in [0.15, 0.2) is 0 Å². The summed E-state index contributed by atoms with van der Waals surface area (Å²) < 4.78 is 6.61. The van der Waals surface area contributed by atoms with E-state index in [0.29, 0.717) is 38.4 Å². The van der Waals surface area contributed by atoms with Crippen LogP contribution in [-0.4, -0.2) is 56.8 Å². The summed E-state index contributed by atoms with van der Waals surface area (Å²) in [4.78, 5) is 25.9. The van der Waals surface area contributed by atoms with Crippen LogP contribution in [0.3, 0.4) is 0 Å². The number of hydrogen-bond acceptors (Lipinski definition) is 6. The summed E-state index contributed by atoms with van der Waals surface area (Å²) in [5.41, 5.74) is -1.43. The minimum atomic E-state index is -0.817. The van der Waals surface area contributed by atoms with Crippen LogP contribution in [0.5, 0.6) is 0 Å². The van der Waals surface area contributed by atoms with Gasteiger partial charge in [0.1, 0.15) is 11.1 Å². The van der Waals surface area contributed by atoms with Gasteiger partial charge in [-0.2, -0.15) is 0 Å². The lowest BCUT2D eigenvalue weighted by atomic mass is 9.82. The van der Waals surface area contributed by atoms with Crippen LogP contribution in [0.1, 0.15) is 39.4 Å². The molecule has 0 radical (unpaired) electrons. The second kappa shape index (κ2) is 4.92. The van der Waals surface area contributed by atoms with Crippen molar-refractivity contribution in [2.24, 2.45) is 0 Å². The molecule has 9 nitrogen and oxygen atoms in total. The maximum absolute atomic E-state index is 12.4. The third-order valence-corrected chi connectivity index (χ3v) is 4.48. The van der Waals surface area contributed by atoms with E-state index in [1.54, 1.807) is 30.4 Å². The molecule has 3 heterocycles. The Labute approximate surface area is 128 Å².